The van der Waals surface area contributed by atoms with Gasteiger partial charge in [0.15, 0.2) is 11.8 Å². The Morgan fingerprint density at radius 3 is 2.59 bits per heavy atom. The molecule has 0 saturated heterocycles. The van der Waals surface area contributed by atoms with E-state index >= 15 is 0 Å². The van der Waals surface area contributed by atoms with Crippen molar-refractivity contribution in [3.05, 3.63) is 53.6 Å². The van der Waals surface area contributed by atoms with E-state index in [4.69, 9.17) is 4.99 Å². The second-order valence-electron chi connectivity index (χ2n) is 8.21. The van der Waals surface area contributed by atoms with Crippen LogP contribution in [-0.4, -0.2) is 47.4 Å². The number of guanidine groups is 1. The highest BCUT2D eigenvalue weighted by Gasteiger charge is 2.07. The Bertz CT molecular complexity index is 860. The van der Waals surface area contributed by atoms with Crippen molar-refractivity contribution in [1.29, 1.82) is 0 Å². The number of nitrogens with one attached hydrogen (secondary N) is 2. The molecule has 7 nitrogen and oxygen atoms in total. The number of hydrogen-bond acceptors (Lipinski definition) is 4. The molecule has 0 bridgehead atoms. The van der Waals surface area contributed by atoms with Crippen LogP contribution in [0.4, 0.5) is 5.69 Å². The van der Waals surface area contributed by atoms with E-state index < -0.39 is 0 Å². The molecule has 3 rings (SSSR count). The Kier molecular flexibility index (Phi) is 11.5. The lowest BCUT2D eigenvalue weighted by atomic mass is 9.97. The molecule has 0 fully saturated rings. The van der Waals surface area contributed by atoms with Crippen LogP contribution in [0.2, 0.25) is 0 Å². The van der Waals surface area contributed by atoms with Crippen molar-refractivity contribution in [2.45, 2.75) is 52.0 Å². The molecule has 0 atom stereocenters. The summed E-state index contributed by atoms with van der Waals surface area (Å²) >= 11 is 0. The molecule has 1 aromatic heterocycles. The van der Waals surface area contributed by atoms with Crippen molar-refractivity contribution in [2.75, 3.05) is 31.6 Å². The van der Waals surface area contributed by atoms with E-state index in [0.717, 1.165) is 50.1 Å². The minimum Gasteiger partial charge on any atom is -0.375 e. The molecule has 0 amide bonds. The summed E-state index contributed by atoms with van der Waals surface area (Å²) in [4.78, 5) is 7.05. The highest BCUT2D eigenvalue weighted by Crippen LogP contribution is 2.19. The lowest BCUT2D eigenvalue weighted by Crippen LogP contribution is -2.39. The van der Waals surface area contributed by atoms with E-state index in [0.29, 0.717) is 6.54 Å². The van der Waals surface area contributed by atoms with Gasteiger partial charge in [-0.05, 0) is 57.6 Å². The second kappa shape index (κ2) is 14.1. The zero-order valence-corrected chi connectivity index (χ0v) is 22.0. The maximum atomic E-state index is 4.76. The normalized spacial score (nSPS) is 13.8. The van der Waals surface area contributed by atoms with E-state index in [1.807, 2.05) is 18.5 Å². The quantitative estimate of drug-likeness (QED) is 0.152. The van der Waals surface area contributed by atoms with E-state index in [2.05, 4.69) is 69.2 Å². The Balaban J connectivity index is 0.00000363. The highest BCUT2D eigenvalue weighted by molar-refractivity contribution is 14.0. The van der Waals surface area contributed by atoms with E-state index in [1.54, 1.807) is 5.57 Å². The lowest BCUT2D eigenvalue weighted by Gasteiger charge is -2.20. The number of benzene rings is 1. The smallest absolute Gasteiger partial charge is 0.191 e. The van der Waals surface area contributed by atoms with E-state index in [-0.39, 0.29) is 24.0 Å². The van der Waals surface area contributed by atoms with Crippen molar-refractivity contribution in [1.82, 2.24) is 25.4 Å². The third-order valence-electron chi connectivity index (χ3n) is 5.84. The zero-order chi connectivity index (χ0) is 21.9. The molecule has 0 radical (unpaired) electrons. The molecule has 1 aromatic carbocycles. The minimum absolute atomic E-state index is 0. The molecule has 0 aliphatic heterocycles. The summed E-state index contributed by atoms with van der Waals surface area (Å²) in [7, 11) is 4.12. The fraction of sp³-hybridized carbons (Fsp3) is 0.542. The van der Waals surface area contributed by atoms with Crippen LogP contribution in [0, 0.1) is 6.92 Å². The van der Waals surface area contributed by atoms with Gasteiger partial charge < -0.3 is 20.1 Å². The van der Waals surface area contributed by atoms with Crippen LogP contribution >= 0.6 is 24.0 Å². The molecule has 0 saturated carbocycles. The first-order valence-corrected chi connectivity index (χ1v) is 11.4. The van der Waals surface area contributed by atoms with Gasteiger partial charge in [0.2, 0.25) is 0 Å². The van der Waals surface area contributed by atoms with Gasteiger partial charge in [0.1, 0.15) is 12.4 Å². The van der Waals surface area contributed by atoms with Gasteiger partial charge in [-0.3, -0.25) is 0 Å². The zero-order valence-electron chi connectivity index (χ0n) is 19.7. The van der Waals surface area contributed by atoms with Gasteiger partial charge in [-0.1, -0.05) is 29.8 Å². The van der Waals surface area contributed by atoms with Crippen LogP contribution in [0.15, 0.2) is 47.0 Å². The summed E-state index contributed by atoms with van der Waals surface area (Å²) in [5.74, 6) is 2.62. The average Bonchev–Trinajstić information content (AvgIpc) is 3.13. The number of aryl methyl sites for hydroxylation is 1. The lowest BCUT2D eigenvalue weighted by molar-refractivity contribution is 0.662. The van der Waals surface area contributed by atoms with Crippen LogP contribution in [0.25, 0.3) is 0 Å². The fourth-order valence-electron chi connectivity index (χ4n) is 3.72. The molecule has 2 aromatic rings. The van der Waals surface area contributed by atoms with Crippen molar-refractivity contribution in [3.8, 4) is 0 Å². The molecule has 0 spiro atoms. The summed E-state index contributed by atoms with van der Waals surface area (Å²) in [6.45, 7) is 5.22. The van der Waals surface area contributed by atoms with Gasteiger partial charge in [0.25, 0.3) is 0 Å². The summed E-state index contributed by atoms with van der Waals surface area (Å²) in [5, 5.41) is 15.4. The maximum Gasteiger partial charge on any atom is 0.191 e. The predicted octanol–water partition coefficient (Wildman–Crippen LogP) is 4.19. The summed E-state index contributed by atoms with van der Waals surface area (Å²) in [6, 6.07) is 10.5. The number of rotatable bonds is 10. The van der Waals surface area contributed by atoms with Gasteiger partial charge in [-0.25, -0.2) is 4.99 Å². The molecule has 1 heterocycles. The van der Waals surface area contributed by atoms with Gasteiger partial charge in [-0.2, -0.15) is 0 Å². The first kappa shape index (κ1) is 26.2. The number of anilines is 1. The van der Waals surface area contributed by atoms with Crippen LogP contribution in [0.3, 0.4) is 0 Å². The molecule has 1 aliphatic carbocycles. The number of aromatic nitrogens is 3. The number of hydrogen-bond donors (Lipinski definition) is 2. The molecular formula is C24H38IN7. The molecule has 176 valence electrons. The summed E-state index contributed by atoms with van der Waals surface area (Å²) in [6.07, 6.45) is 9.66. The third-order valence-corrected chi connectivity index (χ3v) is 5.84. The van der Waals surface area contributed by atoms with E-state index in [9.17, 15) is 0 Å². The fourth-order valence-corrected chi connectivity index (χ4v) is 3.72. The summed E-state index contributed by atoms with van der Waals surface area (Å²) in [5.41, 5.74) is 2.82. The van der Waals surface area contributed by atoms with Crippen molar-refractivity contribution in [3.63, 3.8) is 0 Å². The third kappa shape index (κ3) is 8.44. The van der Waals surface area contributed by atoms with E-state index in [1.165, 1.54) is 31.4 Å². The second-order valence-corrected chi connectivity index (χ2v) is 8.21. The number of allylic oxidation sites excluding steroid dienone is 1. The van der Waals surface area contributed by atoms with Gasteiger partial charge in [-0.15, -0.1) is 34.2 Å². The van der Waals surface area contributed by atoms with Crippen molar-refractivity contribution < 1.29 is 0 Å². The standard InChI is InChI=1S/C24H37N7.HI/c1-20-28-29-23(31(20)3)19-27-24(26-17-15-21-11-6-4-7-12-21)25-16-10-18-30(2)22-13-8-5-9-14-22;/h5,8-9,11,13-14H,4,6-7,10,12,15-19H2,1-3H3,(H2,25,26,27);1H. The number of nitrogens with zero attached hydrogens (tertiary/aromatic N) is 5. The minimum atomic E-state index is 0. The number of para-hydroxylation sites is 1. The monoisotopic (exact) mass is 551 g/mol. The number of halogens is 1. The Labute approximate surface area is 209 Å². The first-order valence-electron chi connectivity index (χ1n) is 11.4. The molecule has 2 N–H and O–H groups in total. The van der Waals surface area contributed by atoms with Gasteiger partial charge >= 0.3 is 0 Å². The number of aliphatic imine (C=N–C) groups is 1. The molecule has 1 aliphatic rings. The Morgan fingerprint density at radius 1 is 1.12 bits per heavy atom. The molecule has 8 heteroatoms. The van der Waals surface area contributed by atoms with Crippen LogP contribution in [0.1, 0.15) is 50.2 Å². The highest BCUT2D eigenvalue weighted by atomic mass is 127. The van der Waals surface area contributed by atoms with Crippen molar-refractivity contribution in [2.24, 2.45) is 12.0 Å². The van der Waals surface area contributed by atoms with Crippen LogP contribution in [0.5, 0.6) is 0 Å². The Morgan fingerprint density at radius 2 is 1.91 bits per heavy atom. The Hall–Kier alpha value is -2.10. The molecule has 32 heavy (non-hydrogen) atoms. The average molecular weight is 552 g/mol. The van der Waals surface area contributed by atoms with Crippen LogP contribution < -0.4 is 15.5 Å². The molecular weight excluding hydrogens is 513 g/mol. The molecule has 0 unspecified atom stereocenters. The van der Waals surface area contributed by atoms with Crippen LogP contribution in [-0.2, 0) is 13.6 Å². The largest absolute Gasteiger partial charge is 0.375 e. The topological polar surface area (TPSA) is 70.4 Å². The van der Waals surface area contributed by atoms with Gasteiger partial charge in [0, 0.05) is 39.4 Å². The maximum absolute atomic E-state index is 4.76. The SMILES string of the molecule is Cc1nnc(CN=C(NCCCN(C)c2ccccc2)NCCC2=CCCCC2)n1C.I. The summed E-state index contributed by atoms with van der Waals surface area (Å²) < 4.78 is 1.99. The van der Waals surface area contributed by atoms with Gasteiger partial charge in [0.05, 0.1) is 0 Å². The first-order chi connectivity index (χ1) is 15.1. The predicted molar refractivity (Wildman–Crippen MR) is 144 cm³/mol. The van der Waals surface area contributed by atoms with Crippen molar-refractivity contribution >= 4 is 35.6 Å².